The van der Waals surface area contributed by atoms with Gasteiger partial charge in [0.05, 0.1) is 0 Å². The molecule has 0 saturated carbocycles. The number of fused-ring (bicyclic) bond motifs is 2. The molecule has 2 unspecified atom stereocenters. The summed E-state index contributed by atoms with van der Waals surface area (Å²) in [6.45, 7) is 0. The fourth-order valence-corrected chi connectivity index (χ4v) is 2.89. The van der Waals surface area contributed by atoms with E-state index in [4.69, 9.17) is 0 Å². The maximum absolute atomic E-state index is 3.67. The second-order valence-electron chi connectivity index (χ2n) is 3.21. The molecule has 0 spiro atoms. The average molecular weight is 190 g/mol. The van der Waals surface area contributed by atoms with Gasteiger partial charge in [0.2, 0.25) is 0 Å². The van der Waals surface area contributed by atoms with Crippen LogP contribution in [0.15, 0.2) is 0 Å². The predicted molar refractivity (Wildman–Crippen MR) is 41.9 cm³/mol. The molecule has 0 aromatic heterocycles. The molecule has 0 aromatic rings. The quantitative estimate of drug-likeness (QED) is 0.573. The zero-order valence-electron chi connectivity index (χ0n) is 5.44. The first-order chi connectivity index (χ1) is 4.34. The van der Waals surface area contributed by atoms with Crippen molar-refractivity contribution in [1.29, 1.82) is 0 Å². The first-order valence-corrected chi connectivity index (χ1v) is 4.66. The van der Waals surface area contributed by atoms with Crippen LogP contribution in [0.1, 0.15) is 25.7 Å². The molecule has 0 radical (unpaired) electrons. The molecule has 0 aliphatic carbocycles. The lowest BCUT2D eigenvalue weighted by atomic mass is 10.1. The fraction of sp³-hybridized carbons (Fsp3) is 1.00. The minimum atomic E-state index is 0.802. The van der Waals surface area contributed by atoms with Gasteiger partial charge >= 0.3 is 0 Å². The SMILES string of the molecule is BrC1CC2CCC(C1)N2. The van der Waals surface area contributed by atoms with E-state index in [9.17, 15) is 0 Å². The van der Waals surface area contributed by atoms with Gasteiger partial charge in [-0.1, -0.05) is 15.9 Å². The van der Waals surface area contributed by atoms with E-state index in [1.54, 1.807) is 0 Å². The molecule has 2 saturated heterocycles. The van der Waals surface area contributed by atoms with Gasteiger partial charge in [-0.05, 0) is 25.7 Å². The van der Waals surface area contributed by atoms with Gasteiger partial charge in [0.25, 0.3) is 0 Å². The van der Waals surface area contributed by atoms with Gasteiger partial charge in [0.15, 0.2) is 0 Å². The van der Waals surface area contributed by atoms with Crippen molar-refractivity contribution in [2.24, 2.45) is 0 Å². The maximum atomic E-state index is 3.67. The molecule has 0 amide bonds. The van der Waals surface area contributed by atoms with Gasteiger partial charge in [0.1, 0.15) is 0 Å². The molecule has 2 aliphatic heterocycles. The Labute approximate surface area is 64.3 Å². The summed E-state index contributed by atoms with van der Waals surface area (Å²) < 4.78 is 0. The standard InChI is InChI=1S/C7H12BrN/c8-5-3-6-1-2-7(4-5)9-6/h5-7,9H,1-4H2. The van der Waals surface area contributed by atoms with Crippen LogP contribution in [0.3, 0.4) is 0 Å². The van der Waals surface area contributed by atoms with Crippen LogP contribution < -0.4 is 5.32 Å². The van der Waals surface area contributed by atoms with Crippen molar-refractivity contribution in [2.75, 3.05) is 0 Å². The molecule has 2 atom stereocenters. The second kappa shape index (κ2) is 2.24. The molecule has 1 N–H and O–H groups in total. The first kappa shape index (κ1) is 6.17. The highest BCUT2D eigenvalue weighted by Gasteiger charge is 2.31. The highest BCUT2D eigenvalue weighted by atomic mass is 79.9. The second-order valence-corrected chi connectivity index (χ2v) is 4.50. The zero-order valence-corrected chi connectivity index (χ0v) is 7.02. The van der Waals surface area contributed by atoms with Gasteiger partial charge in [-0.3, -0.25) is 0 Å². The van der Waals surface area contributed by atoms with Crippen molar-refractivity contribution < 1.29 is 0 Å². The molecule has 2 fully saturated rings. The average Bonchev–Trinajstić information content (AvgIpc) is 2.11. The lowest BCUT2D eigenvalue weighted by Crippen LogP contribution is -2.38. The molecule has 2 heteroatoms. The molecular weight excluding hydrogens is 178 g/mol. The molecule has 2 aliphatic rings. The van der Waals surface area contributed by atoms with Crippen LogP contribution in [-0.2, 0) is 0 Å². The predicted octanol–water partition coefficient (Wildman–Crippen LogP) is 1.66. The molecule has 9 heavy (non-hydrogen) atoms. The minimum Gasteiger partial charge on any atom is -0.311 e. The summed E-state index contributed by atoms with van der Waals surface area (Å²) in [5.74, 6) is 0. The van der Waals surface area contributed by atoms with E-state index in [2.05, 4.69) is 21.2 Å². The number of hydrogen-bond acceptors (Lipinski definition) is 1. The van der Waals surface area contributed by atoms with Gasteiger partial charge in [-0.15, -0.1) is 0 Å². The topological polar surface area (TPSA) is 12.0 Å². The van der Waals surface area contributed by atoms with Crippen LogP contribution >= 0.6 is 15.9 Å². The first-order valence-electron chi connectivity index (χ1n) is 3.75. The highest BCUT2D eigenvalue weighted by molar-refractivity contribution is 9.09. The van der Waals surface area contributed by atoms with Crippen molar-refractivity contribution in [3.05, 3.63) is 0 Å². The summed E-state index contributed by atoms with van der Waals surface area (Å²) >= 11 is 3.67. The third-order valence-electron chi connectivity index (χ3n) is 2.42. The van der Waals surface area contributed by atoms with Gasteiger partial charge in [-0.25, -0.2) is 0 Å². The largest absolute Gasteiger partial charge is 0.311 e. The Morgan fingerprint density at radius 1 is 1.11 bits per heavy atom. The Balaban J connectivity index is 2.03. The third-order valence-corrected chi connectivity index (χ3v) is 3.16. The minimum absolute atomic E-state index is 0.802. The van der Waals surface area contributed by atoms with Gasteiger partial charge in [0, 0.05) is 16.9 Å². The Morgan fingerprint density at radius 3 is 2.22 bits per heavy atom. The van der Waals surface area contributed by atoms with Crippen LogP contribution in [0.4, 0.5) is 0 Å². The van der Waals surface area contributed by atoms with Crippen molar-refractivity contribution in [1.82, 2.24) is 5.32 Å². The lowest BCUT2D eigenvalue weighted by molar-refractivity contribution is 0.418. The zero-order chi connectivity index (χ0) is 6.27. The van der Waals surface area contributed by atoms with Crippen LogP contribution in [0.5, 0.6) is 0 Å². The number of nitrogens with one attached hydrogen (secondary N) is 1. The number of piperidine rings is 1. The summed E-state index contributed by atoms with van der Waals surface area (Å²) in [4.78, 5) is 0.802. The van der Waals surface area contributed by atoms with E-state index in [0.717, 1.165) is 16.9 Å². The number of rotatable bonds is 0. The number of alkyl halides is 1. The van der Waals surface area contributed by atoms with Crippen molar-refractivity contribution in [3.63, 3.8) is 0 Å². The Morgan fingerprint density at radius 2 is 1.67 bits per heavy atom. The summed E-state index contributed by atoms with van der Waals surface area (Å²) in [6.07, 6.45) is 5.51. The maximum Gasteiger partial charge on any atom is 0.0175 e. The van der Waals surface area contributed by atoms with Crippen molar-refractivity contribution in [2.45, 2.75) is 42.6 Å². The fourth-order valence-electron chi connectivity index (χ4n) is 1.99. The summed E-state index contributed by atoms with van der Waals surface area (Å²) in [5, 5.41) is 3.59. The normalized spacial score (nSPS) is 49.7. The Bertz CT molecular complexity index is 103. The van der Waals surface area contributed by atoms with Crippen LogP contribution in [0, 0.1) is 0 Å². The van der Waals surface area contributed by atoms with Crippen LogP contribution in [0.25, 0.3) is 0 Å². The van der Waals surface area contributed by atoms with E-state index in [0.29, 0.717) is 0 Å². The van der Waals surface area contributed by atoms with E-state index >= 15 is 0 Å². The van der Waals surface area contributed by atoms with Gasteiger partial charge in [-0.2, -0.15) is 0 Å². The third kappa shape index (κ3) is 1.15. The van der Waals surface area contributed by atoms with E-state index in [1.165, 1.54) is 25.7 Å². The Hall–Kier alpha value is 0.440. The van der Waals surface area contributed by atoms with E-state index in [-0.39, 0.29) is 0 Å². The molecule has 1 nitrogen and oxygen atoms in total. The van der Waals surface area contributed by atoms with E-state index < -0.39 is 0 Å². The molecule has 0 aromatic carbocycles. The molecular formula is C7H12BrN. The summed E-state index contributed by atoms with van der Waals surface area (Å²) in [6, 6.07) is 1.68. The Kier molecular flexibility index (Phi) is 1.54. The number of halogens is 1. The van der Waals surface area contributed by atoms with Crippen LogP contribution in [-0.4, -0.2) is 16.9 Å². The monoisotopic (exact) mass is 189 g/mol. The summed E-state index contributed by atoms with van der Waals surface area (Å²) in [5.41, 5.74) is 0. The molecule has 2 bridgehead atoms. The van der Waals surface area contributed by atoms with Crippen LogP contribution in [0.2, 0.25) is 0 Å². The smallest absolute Gasteiger partial charge is 0.0175 e. The lowest BCUT2D eigenvalue weighted by Gasteiger charge is -2.24. The molecule has 2 heterocycles. The van der Waals surface area contributed by atoms with Gasteiger partial charge < -0.3 is 5.32 Å². The summed E-state index contributed by atoms with van der Waals surface area (Å²) in [7, 11) is 0. The number of hydrogen-bond donors (Lipinski definition) is 1. The molecule has 52 valence electrons. The molecule has 2 rings (SSSR count). The van der Waals surface area contributed by atoms with Crippen molar-refractivity contribution in [3.8, 4) is 0 Å². The highest BCUT2D eigenvalue weighted by Crippen LogP contribution is 2.30. The van der Waals surface area contributed by atoms with E-state index in [1.807, 2.05) is 0 Å². The van der Waals surface area contributed by atoms with Crippen molar-refractivity contribution >= 4 is 15.9 Å².